The van der Waals surface area contributed by atoms with E-state index >= 15 is 0 Å². The Morgan fingerprint density at radius 1 is 1.24 bits per heavy atom. The summed E-state index contributed by atoms with van der Waals surface area (Å²) in [7, 11) is 0. The average Bonchev–Trinajstić information content (AvgIpc) is 3.28. The van der Waals surface area contributed by atoms with Crippen molar-refractivity contribution in [2.45, 2.75) is 44.8 Å². The van der Waals surface area contributed by atoms with Gasteiger partial charge in [0.1, 0.15) is 12.1 Å². The number of hydrogen-bond acceptors (Lipinski definition) is 8. The molecule has 2 atom stereocenters. The molecule has 130 valence electrons. The standard InChI is InChI=1S/C16H20N8O/c1-10(2)16-18-15(25-21-16)8-23-11-5-12(23)7-22(6-11)14-4-3-13-19-17-9-24(13)20-14/h3-4,9-12H,5-8H2,1-2H3. The highest BCUT2D eigenvalue weighted by Gasteiger charge is 2.45. The molecule has 3 fully saturated rings. The highest BCUT2D eigenvalue weighted by molar-refractivity contribution is 5.46. The van der Waals surface area contributed by atoms with Gasteiger partial charge in [0.25, 0.3) is 0 Å². The van der Waals surface area contributed by atoms with Crippen molar-refractivity contribution in [1.29, 1.82) is 0 Å². The fraction of sp³-hybridized carbons (Fsp3) is 0.562. The second-order valence-electron chi connectivity index (χ2n) is 7.15. The average molecular weight is 340 g/mol. The number of rotatable bonds is 4. The lowest BCUT2D eigenvalue weighted by Crippen LogP contribution is -2.68. The van der Waals surface area contributed by atoms with Crippen molar-refractivity contribution in [3.05, 3.63) is 30.2 Å². The zero-order chi connectivity index (χ0) is 17.0. The molecule has 9 nitrogen and oxygen atoms in total. The summed E-state index contributed by atoms with van der Waals surface area (Å²) in [6, 6.07) is 4.99. The first-order valence-electron chi connectivity index (χ1n) is 8.67. The maximum atomic E-state index is 5.40. The second kappa shape index (κ2) is 5.48. The van der Waals surface area contributed by atoms with Gasteiger partial charge in [-0.2, -0.15) is 9.50 Å². The molecule has 0 aliphatic carbocycles. The number of aromatic nitrogens is 6. The molecular weight excluding hydrogens is 320 g/mol. The van der Waals surface area contributed by atoms with Crippen molar-refractivity contribution >= 4 is 11.5 Å². The van der Waals surface area contributed by atoms with E-state index in [9.17, 15) is 0 Å². The molecule has 6 heterocycles. The fourth-order valence-corrected chi connectivity index (χ4v) is 3.74. The van der Waals surface area contributed by atoms with Gasteiger partial charge in [0.15, 0.2) is 11.5 Å². The molecule has 0 saturated carbocycles. The van der Waals surface area contributed by atoms with Gasteiger partial charge in [-0.1, -0.05) is 19.0 Å². The second-order valence-corrected chi connectivity index (χ2v) is 7.15. The Bertz CT molecular complexity index is 890. The molecule has 0 amide bonds. The fourth-order valence-electron chi connectivity index (χ4n) is 3.74. The largest absolute Gasteiger partial charge is 0.352 e. The van der Waals surface area contributed by atoms with E-state index in [-0.39, 0.29) is 0 Å². The lowest BCUT2D eigenvalue weighted by atomic mass is 9.87. The maximum absolute atomic E-state index is 5.40. The predicted octanol–water partition coefficient (Wildman–Crippen LogP) is 1.09. The van der Waals surface area contributed by atoms with Crippen molar-refractivity contribution in [3.8, 4) is 0 Å². The van der Waals surface area contributed by atoms with Crippen LogP contribution in [0.5, 0.6) is 0 Å². The summed E-state index contributed by atoms with van der Waals surface area (Å²) in [5.74, 6) is 2.77. The lowest BCUT2D eigenvalue weighted by molar-refractivity contribution is -0.0162. The number of fused-ring (bicyclic) bond motifs is 3. The van der Waals surface area contributed by atoms with E-state index < -0.39 is 0 Å². The third-order valence-corrected chi connectivity index (χ3v) is 5.13. The molecule has 9 heteroatoms. The maximum Gasteiger partial charge on any atom is 0.240 e. The summed E-state index contributed by atoms with van der Waals surface area (Å²) >= 11 is 0. The van der Waals surface area contributed by atoms with Crippen LogP contribution in [0.15, 0.2) is 23.0 Å². The van der Waals surface area contributed by atoms with E-state index in [1.807, 2.05) is 12.1 Å². The first kappa shape index (κ1) is 14.8. The van der Waals surface area contributed by atoms with E-state index in [2.05, 4.69) is 49.1 Å². The normalized spacial score (nSPS) is 23.4. The molecular formula is C16H20N8O. The van der Waals surface area contributed by atoms with Gasteiger partial charge in [0, 0.05) is 31.1 Å². The molecule has 2 bridgehead atoms. The highest BCUT2D eigenvalue weighted by atomic mass is 16.5. The number of hydrogen-bond donors (Lipinski definition) is 0. The zero-order valence-electron chi connectivity index (χ0n) is 14.3. The number of anilines is 1. The molecule has 2 unspecified atom stereocenters. The Hall–Kier alpha value is -2.55. The number of piperazine rings is 1. The van der Waals surface area contributed by atoms with Crippen LogP contribution in [-0.4, -0.2) is 60.0 Å². The van der Waals surface area contributed by atoms with Crippen molar-refractivity contribution in [1.82, 2.24) is 34.9 Å². The van der Waals surface area contributed by atoms with Crippen LogP contribution < -0.4 is 4.90 Å². The number of nitrogens with zero attached hydrogens (tertiary/aromatic N) is 8. The SMILES string of the molecule is CC(C)c1noc(CN2C3CC2CN(c2ccc4nncn4n2)C3)n1. The van der Waals surface area contributed by atoms with Crippen LogP contribution in [0, 0.1) is 0 Å². The molecule has 3 aromatic heterocycles. The quantitative estimate of drug-likeness (QED) is 0.697. The van der Waals surface area contributed by atoms with E-state index in [1.54, 1.807) is 10.8 Å². The van der Waals surface area contributed by atoms with Crippen LogP contribution in [0.3, 0.4) is 0 Å². The van der Waals surface area contributed by atoms with Crippen LogP contribution in [0.25, 0.3) is 5.65 Å². The van der Waals surface area contributed by atoms with Crippen molar-refractivity contribution in [3.63, 3.8) is 0 Å². The van der Waals surface area contributed by atoms with Crippen molar-refractivity contribution in [2.24, 2.45) is 0 Å². The van der Waals surface area contributed by atoms with E-state index in [0.717, 1.165) is 42.8 Å². The monoisotopic (exact) mass is 340 g/mol. The summed E-state index contributed by atoms with van der Waals surface area (Å²) in [5, 5.41) is 16.6. The lowest BCUT2D eigenvalue weighted by Gasteiger charge is -2.56. The van der Waals surface area contributed by atoms with Gasteiger partial charge < -0.3 is 9.42 Å². The minimum Gasteiger partial charge on any atom is -0.352 e. The smallest absolute Gasteiger partial charge is 0.240 e. The molecule has 3 aliphatic heterocycles. The van der Waals surface area contributed by atoms with Gasteiger partial charge in [-0.05, 0) is 18.6 Å². The third-order valence-electron chi connectivity index (χ3n) is 5.13. The molecule has 0 aromatic carbocycles. The summed E-state index contributed by atoms with van der Waals surface area (Å²) < 4.78 is 7.12. The Morgan fingerprint density at radius 2 is 2.08 bits per heavy atom. The molecule has 0 spiro atoms. The van der Waals surface area contributed by atoms with Crippen LogP contribution in [0.2, 0.25) is 0 Å². The zero-order valence-corrected chi connectivity index (χ0v) is 14.3. The van der Waals surface area contributed by atoms with Gasteiger partial charge in [0.2, 0.25) is 5.89 Å². The summed E-state index contributed by atoms with van der Waals surface area (Å²) in [4.78, 5) is 9.30. The third kappa shape index (κ3) is 2.46. The molecule has 0 radical (unpaired) electrons. The summed E-state index contributed by atoms with van der Waals surface area (Å²) in [5.41, 5.74) is 0.768. The van der Waals surface area contributed by atoms with Gasteiger partial charge in [-0.15, -0.1) is 15.3 Å². The highest BCUT2D eigenvalue weighted by Crippen LogP contribution is 2.35. The van der Waals surface area contributed by atoms with Gasteiger partial charge in [-0.3, -0.25) is 4.90 Å². The molecule has 3 aromatic rings. The van der Waals surface area contributed by atoms with Crippen LogP contribution in [0.4, 0.5) is 5.82 Å². The van der Waals surface area contributed by atoms with E-state index in [1.165, 1.54) is 6.42 Å². The van der Waals surface area contributed by atoms with Crippen molar-refractivity contribution in [2.75, 3.05) is 18.0 Å². The van der Waals surface area contributed by atoms with E-state index in [4.69, 9.17) is 4.52 Å². The molecule has 3 aliphatic rings. The first-order chi connectivity index (χ1) is 12.2. The Labute approximate surface area is 144 Å². The predicted molar refractivity (Wildman–Crippen MR) is 89.1 cm³/mol. The molecule has 3 saturated heterocycles. The van der Waals surface area contributed by atoms with Crippen LogP contribution in [0.1, 0.15) is 37.9 Å². The minimum atomic E-state index is 0.294. The Kier molecular flexibility index (Phi) is 3.24. The van der Waals surface area contributed by atoms with Crippen LogP contribution in [-0.2, 0) is 6.54 Å². The minimum absolute atomic E-state index is 0.294. The summed E-state index contributed by atoms with van der Waals surface area (Å²) in [6.45, 7) is 6.81. The van der Waals surface area contributed by atoms with Gasteiger partial charge >= 0.3 is 0 Å². The number of piperidine rings is 1. The first-order valence-corrected chi connectivity index (χ1v) is 8.67. The van der Waals surface area contributed by atoms with Gasteiger partial charge in [-0.25, -0.2) is 0 Å². The van der Waals surface area contributed by atoms with Crippen molar-refractivity contribution < 1.29 is 4.52 Å². The van der Waals surface area contributed by atoms with Crippen LogP contribution >= 0.6 is 0 Å². The summed E-state index contributed by atoms with van der Waals surface area (Å²) in [6.07, 6.45) is 2.86. The molecule has 6 rings (SSSR count). The molecule has 25 heavy (non-hydrogen) atoms. The topological polar surface area (TPSA) is 88.5 Å². The molecule has 0 N–H and O–H groups in total. The Morgan fingerprint density at radius 3 is 2.84 bits per heavy atom. The Balaban J connectivity index is 1.28. The van der Waals surface area contributed by atoms with Gasteiger partial charge in [0.05, 0.1) is 6.54 Å². The van der Waals surface area contributed by atoms with E-state index in [0.29, 0.717) is 18.0 Å².